The Balaban J connectivity index is 2.63. The van der Waals surface area contributed by atoms with Gasteiger partial charge in [0.05, 0.1) is 13.2 Å². The van der Waals surface area contributed by atoms with Crippen LogP contribution in [0.4, 0.5) is 0 Å². The van der Waals surface area contributed by atoms with Crippen LogP contribution in [0.25, 0.3) is 0 Å². The third-order valence-corrected chi connectivity index (χ3v) is 3.80. The smallest absolute Gasteiger partial charge is 0.0550 e. The summed E-state index contributed by atoms with van der Waals surface area (Å²) in [5, 5.41) is 19.5. The van der Waals surface area contributed by atoms with Crippen LogP contribution in [0.1, 0.15) is 37.8 Å². The summed E-state index contributed by atoms with van der Waals surface area (Å²) in [6, 6.07) is 7.97. The highest BCUT2D eigenvalue weighted by Crippen LogP contribution is 2.28. The Hall–Kier alpha value is -0.900. The summed E-state index contributed by atoms with van der Waals surface area (Å²) in [4.78, 5) is 0. The van der Waals surface area contributed by atoms with Gasteiger partial charge in [0.15, 0.2) is 0 Å². The lowest BCUT2D eigenvalue weighted by Gasteiger charge is -2.30. The van der Waals surface area contributed by atoms with Gasteiger partial charge in [-0.1, -0.05) is 43.7 Å². The minimum absolute atomic E-state index is 0.0690. The van der Waals surface area contributed by atoms with Crippen LogP contribution in [0.15, 0.2) is 24.3 Å². The fourth-order valence-corrected chi connectivity index (χ4v) is 2.20. The van der Waals surface area contributed by atoms with Crippen LogP contribution in [0.3, 0.4) is 0 Å². The first-order valence-electron chi connectivity index (χ1n) is 7.40. The van der Waals surface area contributed by atoms with Gasteiger partial charge in [-0.2, -0.15) is 0 Å². The lowest BCUT2D eigenvalue weighted by atomic mass is 9.79. The Morgan fingerprint density at radius 2 is 1.85 bits per heavy atom. The quantitative estimate of drug-likeness (QED) is 0.684. The lowest BCUT2D eigenvalue weighted by molar-refractivity contribution is 0.0591. The molecular weight excluding hydrogens is 252 g/mol. The van der Waals surface area contributed by atoms with Gasteiger partial charge in [-0.05, 0) is 31.2 Å². The van der Waals surface area contributed by atoms with E-state index in [2.05, 4.69) is 13.8 Å². The Bertz CT molecular complexity index is 384. The van der Waals surface area contributed by atoms with Crippen LogP contribution >= 0.6 is 0 Å². The Labute approximate surface area is 122 Å². The van der Waals surface area contributed by atoms with Crippen molar-refractivity contribution in [3.05, 3.63) is 35.4 Å². The van der Waals surface area contributed by atoms with Gasteiger partial charge >= 0.3 is 0 Å². The summed E-state index contributed by atoms with van der Waals surface area (Å²) in [7, 11) is 0. The highest BCUT2D eigenvalue weighted by atomic mass is 16.5. The molecule has 0 bridgehead atoms. The van der Waals surface area contributed by atoms with Crippen molar-refractivity contribution in [2.24, 2.45) is 5.92 Å². The molecule has 2 N–H and O–H groups in total. The van der Waals surface area contributed by atoms with Crippen molar-refractivity contribution in [1.82, 2.24) is 0 Å². The van der Waals surface area contributed by atoms with Gasteiger partial charge in [-0.15, -0.1) is 0 Å². The molecule has 3 heteroatoms. The van der Waals surface area contributed by atoms with Crippen LogP contribution in [-0.2, 0) is 10.2 Å². The molecule has 0 aliphatic rings. The van der Waals surface area contributed by atoms with Crippen LogP contribution in [0.5, 0.6) is 0 Å². The second-order valence-electron chi connectivity index (χ2n) is 6.01. The fourth-order valence-electron chi connectivity index (χ4n) is 2.20. The molecule has 0 saturated carbocycles. The molecule has 1 aromatic carbocycles. The largest absolute Gasteiger partial charge is 0.395 e. The zero-order valence-corrected chi connectivity index (χ0v) is 12.9. The van der Waals surface area contributed by atoms with E-state index in [1.807, 2.05) is 31.2 Å². The fraction of sp³-hybridized carbons (Fsp3) is 0.647. The average molecular weight is 280 g/mol. The number of benzene rings is 1. The van der Waals surface area contributed by atoms with E-state index >= 15 is 0 Å². The van der Waals surface area contributed by atoms with Gasteiger partial charge in [0.2, 0.25) is 0 Å². The van der Waals surface area contributed by atoms with E-state index in [-0.39, 0.29) is 13.2 Å². The van der Waals surface area contributed by atoms with Crippen LogP contribution in [0, 0.1) is 12.8 Å². The minimum Gasteiger partial charge on any atom is -0.395 e. The highest BCUT2D eigenvalue weighted by molar-refractivity contribution is 5.30. The summed E-state index contributed by atoms with van der Waals surface area (Å²) in [6.45, 7) is 7.51. The highest BCUT2D eigenvalue weighted by Gasteiger charge is 2.30. The molecule has 1 rings (SSSR count). The van der Waals surface area contributed by atoms with E-state index in [0.29, 0.717) is 18.9 Å². The Morgan fingerprint density at radius 1 is 1.15 bits per heavy atom. The van der Waals surface area contributed by atoms with E-state index < -0.39 is 5.41 Å². The molecule has 0 unspecified atom stereocenters. The second kappa shape index (κ2) is 8.40. The number of hydrogen-bond acceptors (Lipinski definition) is 3. The van der Waals surface area contributed by atoms with Crippen molar-refractivity contribution in [1.29, 1.82) is 0 Å². The van der Waals surface area contributed by atoms with Gasteiger partial charge in [0, 0.05) is 18.6 Å². The summed E-state index contributed by atoms with van der Waals surface area (Å²) in [5.41, 5.74) is 1.51. The molecule has 3 nitrogen and oxygen atoms in total. The monoisotopic (exact) mass is 280 g/mol. The molecule has 0 atom stereocenters. The molecule has 0 heterocycles. The maximum atomic E-state index is 9.75. The van der Waals surface area contributed by atoms with E-state index in [1.54, 1.807) is 0 Å². The van der Waals surface area contributed by atoms with Gasteiger partial charge in [-0.25, -0.2) is 0 Å². The maximum absolute atomic E-state index is 9.75. The minimum atomic E-state index is -0.607. The number of ether oxygens (including phenoxy) is 1. The standard InChI is InChI=1S/C17H28O3/c1-14(2)7-9-20-10-8-17(12-18,13-19)16-6-4-5-15(3)11-16/h4-6,11,14,18-19H,7-10,12-13H2,1-3H3. The van der Waals surface area contributed by atoms with E-state index in [9.17, 15) is 10.2 Å². The molecule has 0 fully saturated rings. The first kappa shape index (κ1) is 17.2. The molecule has 1 aromatic rings. The zero-order chi connectivity index (χ0) is 15.0. The van der Waals surface area contributed by atoms with Gasteiger partial charge in [-0.3, -0.25) is 0 Å². The summed E-state index contributed by atoms with van der Waals surface area (Å²) in [5.74, 6) is 0.632. The van der Waals surface area contributed by atoms with Crippen molar-refractivity contribution >= 4 is 0 Å². The normalized spacial score (nSPS) is 12.1. The SMILES string of the molecule is Cc1cccc(C(CO)(CO)CCOCCC(C)C)c1. The summed E-state index contributed by atoms with van der Waals surface area (Å²) < 4.78 is 5.63. The van der Waals surface area contributed by atoms with E-state index in [1.165, 1.54) is 0 Å². The predicted octanol–water partition coefficient (Wildman–Crippen LogP) is 2.67. The molecule has 114 valence electrons. The molecule has 20 heavy (non-hydrogen) atoms. The number of hydrogen-bond donors (Lipinski definition) is 2. The first-order valence-corrected chi connectivity index (χ1v) is 7.40. The zero-order valence-electron chi connectivity index (χ0n) is 12.9. The molecule has 0 aliphatic carbocycles. The van der Waals surface area contributed by atoms with Gasteiger partial charge in [0.1, 0.15) is 0 Å². The number of aliphatic hydroxyl groups is 2. The first-order chi connectivity index (χ1) is 9.54. The summed E-state index contributed by atoms with van der Waals surface area (Å²) in [6.07, 6.45) is 1.66. The van der Waals surface area contributed by atoms with Gasteiger partial charge in [0.25, 0.3) is 0 Å². The maximum Gasteiger partial charge on any atom is 0.0550 e. The predicted molar refractivity (Wildman–Crippen MR) is 81.9 cm³/mol. The van der Waals surface area contributed by atoms with Crippen molar-refractivity contribution in [2.75, 3.05) is 26.4 Å². The third kappa shape index (κ3) is 4.89. The Morgan fingerprint density at radius 3 is 2.40 bits per heavy atom. The number of aryl methyl sites for hydroxylation is 1. The van der Waals surface area contributed by atoms with E-state index in [0.717, 1.165) is 24.2 Å². The topological polar surface area (TPSA) is 49.7 Å². The van der Waals surface area contributed by atoms with Crippen LogP contribution in [-0.4, -0.2) is 36.6 Å². The molecule has 0 aromatic heterocycles. The van der Waals surface area contributed by atoms with E-state index in [4.69, 9.17) is 4.74 Å². The third-order valence-electron chi connectivity index (χ3n) is 3.80. The second-order valence-corrected chi connectivity index (χ2v) is 6.01. The number of rotatable bonds is 9. The molecule has 0 spiro atoms. The molecule has 0 aliphatic heterocycles. The molecule has 0 amide bonds. The van der Waals surface area contributed by atoms with Crippen molar-refractivity contribution in [3.8, 4) is 0 Å². The molecule has 0 radical (unpaired) electrons. The van der Waals surface area contributed by atoms with Crippen molar-refractivity contribution in [2.45, 2.75) is 39.0 Å². The van der Waals surface area contributed by atoms with Crippen molar-refractivity contribution < 1.29 is 14.9 Å². The van der Waals surface area contributed by atoms with Crippen LogP contribution < -0.4 is 0 Å². The average Bonchev–Trinajstić information content (AvgIpc) is 2.43. The lowest BCUT2D eigenvalue weighted by Crippen LogP contribution is -2.36. The molecule has 0 saturated heterocycles. The summed E-state index contributed by atoms with van der Waals surface area (Å²) >= 11 is 0. The Kier molecular flexibility index (Phi) is 7.20. The van der Waals surface area contributed by atoms with Gasteiger partial charge < -0.3 is 14.9 Å². The van der Waals surface area contributed by atoms with Crippen LogP contribution in [0.2, 0.25) is 0 Å². The molecular formula is C17H28O3. The van der Waals surface area contributed by atoms with Crippen molar-refractivity contribution in [3.63, 3.8) is 0 Å². The number of aliphatic hydroxyl groups excluding tert-OH is 2.